The number of aryl methyl sites for hydroxylation is 1. The molecular formula is C22H36N4O. The number of rotatable bonds is 7. The summed E-state index contributed by atoms with van der Waals surface area (Å²) < 4.78 is 6.14. The highest BCUT2D eigenvalue weighted by molar-refractivity contribution is 5.79. The molecule has 0 radical (unpaired) electrons. The van der Waals surface area contributed by atoms with E-state index in [1.807, 2.05) is 7.05 Å². The van der Waals surface area contributed by atoms with E-state index >= 15 is 0 Å². The van der Waals surface area contributed by atoms with Crippen molar-refractivity contribution in [1.82, 2.24) is 15.5 Å². The minimum atomic E-state index is 0.172. The van der Waals surface area contributed by atoms with Crippen molar-refractivity contribution in [1.29, 1.82) is 0 Å². The Balaban J connectivity index is 1.53. The van der Waals surface area contributed by atoms with Gasteiger partial charge in [0.15, 0.2) is 5.96 Å². The van der Waals surface area contributed by atoms with E-state index < -0.39 is 0 Å². The van der Waals surface area contributed by atoms with Gasteiger partial charge < -0.3 is 20.3 Å². The molecule has 2 fully saturated rings. The summed E-state index contributed by atoms with van der Waals surface area (Å²) >= 11 is 0. The average molecular weight is 373 g/mol. The van der Waals surface area contributed by atoms with Gasteiger partial charge in [-0.2, -0.15) is 0 Å². The molecule has 0 amide bonds. The fraction of sp³-hybridized carbons (Fsp3) is 0.682. The van der Waals surface area contributed by atoms with Crippen molar-refractivity contribution >= 4 is 5.96 Å². The zero-order chi connectivity index (χ0) is 19.2. The zero-order valence-electron chi connectivity index (χ0n) is 17.4. The van der Waals surface area contributed by atoms with Crippen LogP contribution in [0, 0.1) is 18.8 Å². The Kier molecular flexibility index (Phi) is 7.13. The second-order valence-electron chi connectivity index (χ2n) is 8.31. The standard InChI is InChI=1S/C22H36N4O/c1-16-7-9-18(10-8-16)21-19(6-5-13-27-21)14-24-22(23-2)25-15-20(26(3)4)17-11-12-17/h7-10,17,19-21H,5-6,11-15H2,1-4H3,(H2,23,24,25). The molecule has 5 heteroatoms. The lowest BCUT2D eigenvalue weighted by Crippen LogP contribution is -2.47. The maximum absolute atomic E-state index is 6.14. The fourth-order valence-corrected chi connectivity index (χ4v) is 4.08. The number of ether oxygens (including phenoxy) is 1. The van der Waals surface area contributed by atoms with E-state index in [1.54, 1.807) is 0 Å². The Morgan fingerprint density at radius 2 is 1.93 bits per heavy atom. The van der Waals surface area contributed by atoms with Crippen LogP contribution in [0.3, 0.4) is 0 Å². The topological polar surface area (TPSA) is 48.9 Å². The zero-order valence-corrected chi connectivity index (χ0v) is 17.4. The largest absolute Gasteiger partial charge is 0.373 e. The lowest BCUT2D eigenvalue weighted by atomic mass is 9.89. The minimum absolute atomic E-state index is 0.172. The van der Waals surface area contributed by atoms with Crippen LogP contribution in [0.5, 0.6) is 0 Å². The number of nitrogens with one attached hydrogen (secondary N) is 2. The lowest BCUT2D eigenvalue weighted by molar-refractivity contribution is -0.0265. The quantitative estimate of drug-likeness (QED) is 0.571. The highest BCUT2D eigenvalue weighted by Gasteiger charge is 2.32. The molecular weight excluding hydrogens is 336 g/mol. The molecule has 2 aliphatic rings. The monoisotopic (exact) mass is 372 g/mol. The second-order valence-corrected chi connectivity index (χ2v) is 8.31. The van der Waals surface area contributed by atoms with Gasteiger partial charge >= 0.3 is 0 Å². The third-order valence-electron chi connectivity index (χ3n) is 5.91. The summed E-state index contributed by atoms with van der Waals surface area (Å²) in [4.78, 5) is 6.76. The Labute approximate surface area is 164 Å². The van der Waals surface area contributed by atoms with Crippen molar-refractivity contribution in [2.75, 3.05) is 40.8 Å². The van der Waals surface area contributed by atoms with Gasteiger partial charge in [0.25, 0.3) is 0 Å². The van der Waals surface area contributed by atoms with Gasteiger partial charge in [0.1, 0.15) is 0 Å². The number of likely N-dealkylation sites (N-methyl/N-ethyl adjacent to an activating group) is 1. The van der Waals surface area contributed by atoms with Gasteiger partial charge in [0, 0.05) is 38.7 Å². The van der Waals surface area contributed by atoms with Gasteiger partial charge in [-0.3, -0.25) is 4.99 Å². The average Bonchev–Trinajstić information content (AvgIpc) is 3.50. The summed E-state index contributed by atoms with van der Waals surface area (Å²) in [7, 11) is 6.20. The van der Waals surface area contributed by atoms with Crippen molar-refractivity contribution in [3.63, 3.8) is 0 Å². The van der Waals surface area contributed by atoms with Crippen molar-refractivity contribution < 1.29 is 4.74 Å². The van der Waals surface area contributed by atoms with E-state index in [4.69, 9.17) is 4.74 Å². The van der Waals surface area contributed by atoms with Gasteiger partial charge in [0.05, 0.1) is 6.10 Å². The summed E-state index contributed by atoms with van der Waals surface area (Å²) in [5.41, 5.74) is 2.58. The molecule has 0 spiro atoms. The predicted octanol–water partition coefficient (Wildman–Crippen LogP) is 2.97. The molecule has 0 aromatic heterocycles. The number of hydrogen-bond donors (Lipinski definition) is 2. The van der Waals surface area contributed by atoms with E-state index in [9.17, 15) is 0 Å². The molecule has 2 N–H and O–H groups in total. The van der Waals surface area contributed by atoms with Crippen LogP contribution in [0.25, 0.3) is 0 Å². The molecule has 0 bridgehead atoms. The summed E-state index contributed by atoms with van der Waals surface area (Å²) in [6, 6.07) is 9.36. The van der Waals surface area contributed by atoms with E-state index in [2.05, 4.69) is 65.8 Å². The van der Waals surface area contributed by atoms with Crippen LogP contribution in [-0.4, -0.2) is 57.7 Å². The molecule has 1 saturated carbocycles. The van der Waals surface area contributed by atoms with Crippen LogP contribution in [0.2, 0.25) is 0 Å². The molecule has 3 rings (SSSR count). The molecule has 1 aromatic carbocycles. The molecule has 1 aromatic rings. The van der Waals surface area contributed by atoms with Crippen LogP contribution in [0.15, 0.2) is 29.3 Å². The first-order valence-corrected chi connectivity index (χ1v) is 10.4. The van der Waals surface area contributed by atoms with Crippen LogP contribution in [0.4, 0.5) is 0 Å². The van der Waals surface area contributed by atoms with E-state index in [-0.39, 0.29) is 6.10 Å². The molecule has 1 aliphatic carbocycles. The number of hydrogen-bond acceptors (Lipinski definition) is 3. The van der Waals surface area contributed by atoms with E-state index in [0.29, 0.717) is 12.0 Å². The van der Waals surface area contributed by atoms with Crippen LogP contribution < -0.4 is 10.6 Å². The first-order chi connectivity index (χ1) is 13.1. The van der Waals surface area contributed by atoms with Gasteiger partial charge in [0.2, 0.25) is 0 Å². The smallest absolute Gasteiger partial charge is 0.191 e. The van der Waals surface area contributed by atoms with Crippen LogP contribution in [0.1, 0.15) is 42.9 Å². The Morgan fingerprint density at radius 3 is 2.56 bits per heavy atom. The van der Waals surface area contributed by atoms with E-state index in [0.717, 1.165) is 38.0 Å². The van der Waals surface area contributed by atoms with Gasteiger partial charge in [-0.15, -0.1) is 0 Å². The summed E-state index contributed by atoms with van der Waals surface area (Å²) in [6.45, 7) is 4.81. The Bertz CT molecular complexity index is 607. The predicted molar refractivity (Wildman–Crippen MR) is 112 cm³/mol. The molecule has 5 nitrogen and oxygen atoms in total. The third kappa shape index (κ3) is 5.69. The first-order valence-electron chi connectivity index (χ1n) is 10.4. The molecule has 3 atom stereocenters. The van der Waals surface area contributed by atoms with Gasteiger partial charge in [-0.05, 0) is 58.2 Å². The first kappa shape index (κ1) is 20.2. The number of benzene rings is 1. The van der Waals surface area contributed by atoms with Gasteiger partial charge in [-0.1, -0.05) is 29.8 Å². The highest BCUT2D eigenvalue weighted by Crippen LogP contribution is 2.34. The fourth-order valence-electron chi connectivity index (χ4n) is 4.08. The second kappa shape index (κ2) is 9.56. The molecule has 3 unspecified atom stereocenters. The van der Waals surface area contributed by atoms with E-state index in [1.165, 1.54) is 30.4 Å². The summed E-state index contributed by atoms with van der Waals surface area (Å²) in [5, 5.41) is 7.07. The van der Waals surface area contributed by atoms with Gasteiger partial charge in [-0.25, -0.2) is 0 Å². The van der Waals surface area contributed by atoms with Crippen molar-refractivity contribution in [2.24, 2.45) is 16.8 Å². The Morgan fingerprint density at radius 1 is 1.19 bits per heavy atom. The van der Waals surface area contributed by atoms with Crippen LogP contribution >= 0.6 is 0 Å². The normalized spacial score (nSPS) is 24.7. The third-order valence-corrected chi connectivity index (χ3v) is 5.91. The SMILES string of the molecule is CN=C(NCC1CCCOC1c1ccc(C)cc1)NCC(C1CC1)N(C)C. The highest BCUT2D eigenvalue weighted by atomic mass is 16.5. The molecule has 1 heterocycles. The van der Waals surface area contributed by atoms with Crippen molar-refractivity contribution in [2.45, 2.75) is 44.8 Å². The number of aliphatic imine (C=N–C) groups is 1. The minimum Gasteiger partial charge on any atom is -0.373 e. The van der Waals surface area contributed by atoms with Crippen molar-refractivity contribution in [3.8, 4) is 0 Å². The Hall–Kier alpha value is -1.59. The molecule has 1 saturated heterocycles. The number of guanidine groups is 1. The van der Waals surface area contributed by atoms with Crippen molar-refractivity contribution in [3.05, 3.63) is 35.4 Å². The maximum atomic E-state index is 6.14. The molecule has 1 aliphatic heterocycles. The number of nitrogens with zero attached hydrogens (tertiary/aromatic N) is 2. The lowest BCUT2D eigenvalue weighted by Gasteiger charge is -2.33. The molecule has 27 heavy (non-hydrogen) atoms. The summed E-state index contributed by atoms with van der Waals surface area (Å²) in [5.74, 6) is 2.20. The summed E-state index contributed by atoms with van der Waals surface area (Å²) in [6.07, 6.45) is 5.20. The maximum Gasteiger partial charge on any atom is 0.191 e. The van der Waals surface area contributed by atoms with Crippen LogP contribution in [-0.2, 0) is 4.74 Å². The molecule has 150 valence electrons.